The minimum atomic E-state index is -2.70. The number of anilines is 1. The number of hydrogen-bond donors (Lipinski definition) is 2. The minimum absolute atomic E-state index is 0.0757. The standard InChI is InChI=1S/C29H37F4N7O/c1-18(41)39-11-7-25(36-21-5-9-38(10-6-21)17-27(30)31)24(16-39)29(34)40-8-3-4-19-12-22(20-14-35-37(2)15-20)23(28(32)33)13-26(19)40/h12-15,21,27-28,34,36H,3-11,16-17H2,1-2H3. The van der Waals surface area contributed by atoms with Gasteiger partial charge < -0.3 is 15.1 Å². The van der Waals surface area contributed by atoms with Gasteiger partial charge in [-0.1, -0.05) is 0 Å². The second-order valence-electron chi connectivity index (χ2n) is 11.1. The van der Waals surface area contributed by atoms with E-state index in [4.69, 9.17) is 0 Å². The zero-order valence-electron chi connectivity index (χ0n) is 23.5. The maximum absolute atomic E-state index is 14.3. The highest BCUT2D eigenvalue weighted by Gasteiger charge is 2.32. The summed E-state index contributed by atoms with van der Waals surface area (Å²) in [5, 5.41) is 17.0. The highest BCUT2D eigenvalue weighted by molar-refractivity contribution is 6.09. The Bertz CT molecular complexity index is 1320. The number of likely N-dealkylation sites (tertiary alicyclic amines) is 1. The second kappa shape index (κ2) is 12.2. The Hall–Kier alpha value is -3.41. The lowest BCUT2D eigenvalue weighted by atomic mass is 9.92. The predicted molar refractivity (Wildman–Crippen MR) is 149 cm³/mol. The van der Waals surface area contributed by atoms with Crippen LogP contribution in [0.1, 0.15) is 50.2 Å². The molecule has 2 N–H and O–H groups in total. The fourth-order valence-corrected chi connectivity index (χ4v) is 6.15. The number of amidine groups is 1. The van der Waals surface area contributed by atoms with Crippen LogP contribution in [0.15, 0.2) is 35.8 Å². The second-order valence-corrected chi connectivity index (χ2v) is 11.1. The van der Waals surface area contributed by atoms with Crippen LogP contribution in [0, 0.1) is 5.41 Å². The van der Waals surface area contributed by atoms with Crippen molar-refractivity contribution in [2.24, 2.45) is 7.05 Å². The Morgan fingerprint density at radius 3 is 2.51 bits per heavy atom. The van der Waals surface area contributed by atoms with Crippen molar-refractivity contribution in [1.82, 2.24) is 24.9 Å². The van der Waals surface area contributed by atoms with Gasteiger partial charge in [0, 0.05) is 86.9 Å². The van der Waals surface area contributed by atoms with Gasteiger partial charge in [-0.3, -0.25) is 19.8 Å². The highest BCUT2D eigenvalue weighted by Crippen LogP contribution is 2.39. The number of piperidine rings is 1. The molecule has 3 aliphatic heterocycles. The lowest BCUT2D eigenvalue weighted by Gasteiger charge is -2.39. The number of nitrogens with one attached hydrogen (secondary N) is 2. The largest absolute Gasteiger partial charge is 0.385 e. The van der Waals surface area contributed by atoms with Crippen molar-refractivity contribution in [1.29, 1.82) is 5.41 Å². The van der Waals surface area contributed by atoms with E-state index in [-0.39, 0.29) is 36.4 Å². The van der Waals surface area contributed by atoms with E-state index in [1.54, 1.807) is 44.9 Å². The van der Waals surface area contributed by atoms with Crippen molar-refractivity contribution in [3.8, 4) is 11.1 Å². The molecular weight excluding hydrogens is 538 g/mol. The molecule has 0 saturated carbocycles. The van der Waals surface area contributed by atoms with Crippen LogP contribution in [0.4, 0.5) is 23.2 Å². The zero-order chi connectivity index (χ0) is 29.3. The summed E-state index contributed by atoms with van der Waals surface area (Å²) in [6, 6.07) is 3.39. The molecule has 0 bridgehead atoms. The Morgan fingerprint density at radius 2 is 1.88 bits per heavy atom. The average Bonchev–Trinajstić information content (AvgIpc) is 3.38. The van der Waals surface area contributed by atoms with Crippen LogP contribution in [0.25, 0.3) is 11.1 Å². The lowest BCUT2D eigenvalue weighted by molar-refractivity contribution is -0.128. The topological polar surface area (TPSA) is 80.5 Å². The summed E-state index contributed by atoms with van der Waals surface area (Å²) in [7, 11) is 1.74. The van der Waals surface area contributed by atoms with Gasteiger partial charge in [-0.2, -0.15) is 5.10 Å². The number of halogens is 4. The molecule has 0 unspecified atom stereocenters. The number of aryl methyl sites for hydroxylation is 2. The van der Waals surface area contributed by atoms with Crippen molar-refractivity contribution < 1.29 is 22.4 Å². The molecule has 3 aliphatic rings. The Morgan fingerprint density at radius 1 is 1.12 bits per heavy atom. The summed E-state index contributed by atoms with van der Waals surface area (Å²) in [4.78, 5) is 17.6. The summed E-state index contributed by atoms with van der Waals surface area (Å²) in [5.41, 5.74) is 3.99. The molecule has 222 valence electrons. The number of alkyl halides is 4. The molecule has 0 radical (unpaired) electrons. The van der Waals surface area contributed by atoms with E-state index in [2.05, 4.69) is 10.4 Å². The molecule has 1 aromatic carbocycles. The number of amides is 1. The molecule has 5 rings (SSSR count). The number of nitrogens with zero attached hydrogens (tertiary/aromatic N) is 5. The van der Waals surface area contributed by atoms with E-state index in [0.717, 1.165) is 17.7 Å². The molecule has 41 heavy (non-hydrogen) atoms. The summed E-state index contributed by atoms with van der Waals surface area (Å²) in [6.45, 7) is 3.68. The third-order valence-electron chi connectivity index (χ3n) is 8.33. The predicted octanol–water partition coefficient (Wildman–Crippen LogP) is 4.58. The summed E-state index contributed by atoms with van der Waals surface area (Å²) < 4.78 is 55.9. The minimum Gasteiger partial charge on any atom is -0.385 e. The number of rotatable bonds is 7. The molecule has 1 aromatic heterocycles. The Balaban J connectivity index is 1.44. The van der Waals surface area contributed by atoms with Gasteiger partial charge in [0.2, 0.25) is 5.91 Å². The van der Waals surface area contributed by atoms with Gasteiger partial charge in [-0.05, 0) is 48.9 Å². The van der Waals surface area contributed by atoms with E-state index in [9.17, 15) is 27.8 Å². The van der Waals surface area contributed by atoms with Crippen molar-refractivity contribution in [2.75, 3.05) is 44.2 Å². The third-order valence-corrected chi connectivity index (χ3v) is 8.33. The smallest absolute Gasteiger partial charge is 0.264 e. The molecule has 1 amide bonds. The van der Waals surface area contributed by atoms with Crippen LogP contribution in [0.2, 0.25) is 0 Å². The number of fused-ring (bicyclic) bond motifs is 1. The van der Waals surface area contributed by atoms with Crippen LogP contribution >= 0.6 is 0 Å². The fourth-order valence-electron chi connectivity index (χ4n) is 6.15. The van der Waals surface area contributed by atoms with E-state index in [1.807, 2.05) is 0 Å². The van der Waals surface area contributed by atoms with E-state index >= 15 is 0 Å². The molecule has 0 aliphatic carbocycles. The highest BCUT2D eigenvalue weighted by atomic mass is 19.3. The molecule has 1 saturated heterocycles. The van der Waals surface area contributed by atoms with Gasteiger partial charge in [-0.15, -0.1) is 0 Å². The van der Waals surface area contributed by atoms with Crippen molar-refractivity contribution in [3.05, 3.63) is 46.9 Å². The summed E-state index contributed by atoms with van der Waals surface area (Å²) in [5.74, 6) is 0.110. The van der Waals surface area contributed by atoms with Gasteiger partial charge in [0.15, 0.2) is 0 Å². The van der Waals surface area contributed by atoms with Crippen molar-refractivity contribution in [3.63, 3.8) is 0 Å². The van der Waals surface area contributed by atoms with Crippen molar-refractivity contribution in [2.45, 2.75) is 57.9 Å². The van der Waals surface area contributed by atoms with Gasteiger partial charge in [0.05, 0.1) is 19.3 Å². The number of hydrogen-bond acceptors (Lipinski definition) is 5. The monoisotopic (exact) mass is 575 g/mol. The maximum Gasteiger partial charge on any atom is 0.264 e. The van der Waals surface area contributed by atoms with E-state index in [1.165, 1.54) is 13.0 Å². The first-order chi connectivity index (χ1) is 19.6. The molecule has 0 spiro atoms. The van der Waals surface area contributed by atoms with Gasteiger partial charge in [-0.25, -0.2) is 17.6 Å². The number of aromatic nitrogens is 2. The molecule has 1 fully saturated rings. The molecule has 12 heteroatoms. The van der Waals surface area contributed by atoms with Gasteiger partial charge >= 0.3 is 0 Å². The van der Waals surface area contributed by atoms with Crippen LogP contribution < -0.4 is 10.2 Å². The van der Waals surface area contributed by atoms with Crippen LogP contribution in [0.5, 0.6) is 0 Å². The van der Waals surface area contributed by atoms with Crippen LogP contribution in [-0.2, 0) is 18.3 Å². The van der Waals surface area contributed by atoms with E-state index in [0.29, 0.717) is 74.2 Å². The first-order valence-corrected chi connectivity index (χ1v) is 14.2. The van der Waals surface area contributed by atoms with Crippen LogP contribution in [0.3, 0.4) is 0 Å². The molecule has 2 aromatic rings. The van der Waals surface area contributed by atoms with Crippen LogP contribution in [-0.4, -0.2) is 83.1 Å². The molecule has 8 nitrogen and oxygen atoms in total. The van der Waals surface area contributed by atoms with Gasteiger partial charge in [0.1, 0.15) is 5.84 Å². The number of benzene rings is 1. The molecule has 4 heterocycles. The van der Waals surface area contributed by atoms with Gasteiger partial charge in [0.25, 0.3) is 12.9 Å². The first kappa shape index (κ1) is 29.1. The number of carbonyl (C=O) groups excluding carboxylic acids is 1. The Kier molecular flexibility index (Phi) is 8.67. The third kappa shape index (κ3) is 6.42. The van der Waals surface area contributed by atoms with E-state index < -0.39 is 12.9 Å². The fraction of sp³-hybridized carbons (Fsp3) is 0.552. The maximum atomic E-state index is 14.3. The first-order valence-electron chi connectivity index (χ1n) is 14.2. The summed E-state index contributed by atoms with van der Waals surface area (Å²) in [6.07, 6.45) is 1.64. The summed E-state index contributed by atoms with van der Waals surface area (Å²) >= 11 is 0. The number of carbonyl (C=O) groups is 1. The normalized spacial score (nSPS) is 18.8. The average molecular weight is 576 g/mol. The molecular formula is C29H37F4N7O. The lowest BCUT2D eigenvalue weighted by Crippen LogP contribution is -2.48. The SMILES string of the molecule is CC(=O)N1CCC(NC2CCN(CC(F)F)CC2)=C(C(=N)N2CCCc3cc(-c4cnn(C)c4)c(C(F)F)cc32)C1. The quantitative estimate of drug-likeness (QED) is 0.287. The zero-order valence-corrected chi connectivity index (χ0v) is 23.5. The Labute approximate surface area is 237 Å². The molecule has 0 atom stereocenters. The van der Waals surface area contributed by atoms with Crippen molar-refractivity contribution >= 4 is 17.4 Å².